The highest BCUT2D eigenvalue weighted by Crippen LogP contribution is 2.27. The van der Waals surface area contributed by atoms with Crippen LogP contribution in [0.4, 0.5) is 10.9 Å². The van der Waals surface area contributed by atoms with Gasteiger partial charge in [-0.15, -0.1) is 36.2 Å². The molecule has 3 heterocycles. The molecule has 0 aliphatic carbocycles. The summed E-state index contributed by atoms with van der Waals surface area (Å²) >= 11 is 1.51. The Kier molecular flexibility index (Phi) is 11.3. The second-order valence-corrected chi connectivity index (χ2v) is 8.03. The predicted octanol–water partition coefficient (Wildman–Crippen LogP) is 4.47. The summed E-state index contributed by atoms with van der Waals surface area (Å²) in [6.07, 6.45) is 5.74. The number of amides is 1. The molecule has 0 spiro atoms. The third-order valence-corrected chi connectivity index (χ3v) is 5.42. The van der Waals surface area contributed by atoms with Gasteiger partial charge in [0, 0.05) is 36.4 Å². The van der Waals surface area contributed by atoms with E-state index in [1.807, 2.05) is 48.7 Å². The number of nitrogens with zero attached hydrogens (tertiary/aromatic N) is 3. The van der Waals surface area contributed by atoms with Crippen LogP contribution in [0.25, 0.3) is 0 Å². The number of carbonyl (C=O) groups excluding carboxylic acids is 1. The molecular formula is C23H26Cl2N6O3S. The minimum Gasteiger partial charge on any atom is -0.485 e. The molecule has 35 heavy (non-hydrogen) atoms. The van der Waals surface area contributed by atoms with Gasteiger partial charge in [-0.05, 0) is 36.8 Å². The van der Waals surface area contributed by atoms with Crippen molar-refractivity contribution in [1.29, 1.82) is 0 Å². The number of nitrogens with one attached hydrogen (secondary N) is 3. The summed E-state index contributed by atoms with van der Waals surface area (Å²) in [4.78, 5) is 27.7. The fourth-order valence-corrected chi connectivity index (χ4v) is 3.64. The molecule has 0 bridgehead atoms. The molecule has 3 aromatic heterocycles. The number of H-pyrrole nitrogens is 1. The fourth-order valence-electron chi connectivity index (χ4n) is 2.96. The number of imidazole rings is 1. The monoisotopic (exact) mass is 536 g/mol. The topological polar surface area (TPSA) is 114 Å². The summed E-state index contributed by atoms with van der Waals surface area (Å²) in [7, 11) is 0. The van der Waals surface area contributed by atoms with Crippen LogP contribution in [0.15, 0.2) is 60.5 Å². The van der Waals surface area contributed by atoms with E-state index < -0.39 is 0 Å². The first kappa shape index (κ1) is 27.9. The summed E-state index contributed by atoms with van der Waals surface area (Å²) < 4.78 is 11.6. The fraction of sp³-hybridized carbons (Fsp3) is 0.217. The van der Waals surface area contributed by atoms with Crippen LogP contribution in [0, 0.1) is 6.92 Å². The van der Waals surface area contributed by atoms with E-state index in [2.05, 4.69) is 30.6 Å². The van der Waals surface area contributed by atoms with Gasteiger partial charge in [0.25, 0.3) is 5.91 Å². The van der Waals surface area contributed by atoms with Crippen molar-refractivity contribution < 1.29 is 14.3 Å². The number of aryl methyl sites for hydroxylation is 1. The van der Waals surface area contributed by atoms with Crippen LogP contribution in [0.5, 0.6) is 11.5 Å². The average Bonchev–Trinajstić information content (AvgIpc) is 3.49. The van der Waals surface area contributed by atoms with E-state index in [1.54, 1.807) is 18.7 Å². The number of halogens is 2. The number of rotatable bonds is 11. The molecule has 9 nitrogen and oxygen atoms in total. The average molecular weight is 537 g/mol. The van der Waals surface area contributed by atoms with E-state index in [9.17, 15) is 4.79 Å². The van der Waals surface area contributed by atoms with Crippen LogP contribution < -0.4 is 20.1 Å². The number of benzene rings is 1. The lowest BCUT2D eigenvalue weighted by atomic mass is 10.2. The molecule has 0 aliphatic rings. The molecule has 1 amide bonds. The molecule has 0 saturated carbocycles. The molecule has 4 rings (SSSR count). The van der Waals surface area contributed by atoms with Gasteiger partial charge in [-0.1, -0.05) is 12.1 Å². The third kappa shape index (κ3) is 8.75. The smallest absolute Gasteiger partial charge is 0.257 e. The first-order valence-electron chi connectivity index (χ1n) is 10.4. The zero-order chi connectivity index (χ0) is 22.9. The normalized spacial score (nSPS) is 9.97. The standard InChI is InChI=1S/C23H24N6O3S.2ClH/c1-16-14-33-23(28-16)29-22-20(6-3-8-26-22)32-12-17-4-2-5-19(10-17)31-13-21(30)25-9-7-18-11-24-15-27-18;;/h2-6,8,10-11,14-15H,7,9,12-13H2,1H3,(H,24,27)(H,25,30)(H,26,28,29);2*1H. The summed E-state index contributed by atoms with van der Waals surface area (Å²) in [5.41, 5.74) is 2.83. The molecule has 0 atom stereocenters. The summed E-state index contributed by atoms with van der Waals surface area (Å²) in [5, 5.41) is 8.75. The zero-order valence-electron chi connectivity index (χ0n) is 18.9. The van der Waals surface area contributed by atoms with Gasteiger partial charge in [-0.2, -0.15) is 0 Å². The Balaban J connectivity index is 0.00000216. The Morgan fingerprint density at radius 1 is 1.17 bits per heavy atom. The Labute approximate surface area is 219 Å². The minimum absolute atomic E-state index is 0. The highest BCUT2D eigenvalue weighted by Gasteiger charge is 2.09. The number of carbonyl (C=O) groups is 1. The van der Waals surface area contributed by atoms with E-state index >= 15 is 0 Å². The number of hydrogen-bond donors (Lipinski definition) is 3. The summed E-state index contributed by atoms with van der Waals surface area (Å²) in [5.74, 6) is 1.64. The zero-order valence-corrected chi connectivity index (χ0v) is 21.3. The SMILES string of the molecule is Cc1csc(Nc2ncccc2OCc2cccc(OCC(=O)NCCc3cnc[nH]3)c2)n1.Cl.Cl. The third-order valence-electron chi connectivity index (χ3n) is 4.55. The first-order chi connectivity index (χ1) is 16.2. The second kappa shape index (κ2) is 14.1. The van der Waals surface area contributed by atoms with Gasteiger partial charge in [0.1, 0.15) is 12.4 Å². The lowest BCUT2D eigenvalue weighted by molar-refractivity contribution is -0.123. The van der Waals surface area contributed by atoms with Crippen molar-refractivity contribution in [3.8, 4) is 11.5 Å². The van der Waals surface area contributed by atoms with E-state index in [-0.39, 0.29) is 37.3 Å². The number of anilines is 2. The van der Waals surface area contributed by atoms with E-state index in [0.717, 1.165) is 22.1 Å². The highest BCUT2D eigenvalue weighted by molar-refractivity contribution is 7.13. The maximum atomic E-state index is 12.0. The van der Waals surface area contributed by atoms with Crippen molar-refractivity contribution in [3.05, 3.63) is 77.5 Å². The van der Waals surface area contributed by atoms with Gasteiger partial charge in [0.15, 0.2) is 23.3 Å². The summed E-state index contributed by atoms with van der Waals surface area (Å²) in [6, 6.07) is 11.1. The molecular weight excluding hydrogens is 511 g/mol. The molecule has 3 N–H and O–H groups in total. The predicted molar refractivity (Wildman–Crippen MR) is 140 cm³/mol. The van der Waals surface area contributed by atoms with Crippen LogP contribution in [-0.2, 0) is 17.8 Å². The van der Waals surface area contributed by atoms with E-state index in [1.165, 1.54) is 11.3 Å². The van der Waals surface area contributed by atoms with Gasteiger partial charge in [0.2, 0.25) is 0 Å². The van der Waals surface area contributed by atoms with Crippen molar-refractivity contribution >= 4 is 53.0 Å². The molecule has 1 aromatic carbocycles. The molecule has 0 aliphatic heterocycles. The van der Waals surface area contributed by atoms with Gasteiger partial charge in [-0.3, -0.25) is 4.79 Å². The Morgan fingerprint density at radius 2 is 2.06 bits per heavy atom. The van der Waals surface area contributed by atoms with E-state index in [0.29, 0.717) is 36.9 Å². The van der Waals surface area contributed by atoms with Gasteiger partial charge in [-0.25, -0.2) is 15.0 Å². The minimum atomic E-state index is -0.181. The van der Waals surface area contributed by atoms with Gasteiger partial charge in [0.05, 0.1) is 12.0 Å². The second-order valence-electron chi connectivity index (χ2n) is 7.17. The quantitative estimate of drug-likeness (QED) is 0.259. The molecule has 0 radical (unpaired) electrons. The number of ether oxygens (including phenoxy) is 2. The van der Waals surface area contributed by atoms with Gasteiger partial charge >= 0.3 is 0 Å². The highest BCUT2D eigenvalue weighted by atomic mass is 35.5. The van der Waals surface area contributed by atoms with Crippen molar-refractivity contribution in [1.82, 2.24) is 25.3 Å². The maximum absolute atomic E-state index is 12.0. The van der Waals surface area contributed by atoms with Crippen molar-refractivity contribution in [2.75, 3.05) is 18.5 Å². The largest absolute Gasteiger partial charge is 0.485 e. The maximum Gasteiger partial charge on any atom is 0.257 e. The molecule has 12 heteroatoms. The Hall–Kier alpha value is -3.34. The number of pyridine rings is 1. The molecule has 186 valence electrons. The van der Waals surface area contributed by atoms with Crippen LogP contribution >= 0.6 is 36.2 Å². The van der Waals surface area contributed by atoms with Gasteiger partial charge < -0.3 is 25.1 Å². The van der Waals surface area contributed by atoms with Crippen LogP contribution in [0.3, 0.4) is 0 Å². The lowest BCUT2D eigenvalue weighted by Crippen LogP contribution is -2.30. The van der Waals surface area contributed by atoms with E-state index in [4.69, 9.17) is 9.47 Å². The molecule has 0 unspecified atom stereocenters. The first-order valence-corrected chi connectivity index (χ1v) is 11.3. The lowest BCUT2D eigenvalue weighted by Gasteiger charge is -2.12. The number of aromatic amines is 1. The van der Waals surface area contributed by atoms with Crippen molar-refractivity contribution in [2.45, 2.75) is 20.0 Å². The molecule has 4 aromatic rings. The number of hydrogen-bond acceptors (Lipinski definition) is 8. The van der Waals surface area contributed by atoms with Crippen molar-refractivity contribution in [2.24, 2.45) is 0 Å². The van der Waals surface area contributed by atoms with Crippen molar-refractivity contribution in [3.63, 3.8) is 0 Å². The Morgan fingerprint density at radius 3 is 2.83 bits per heavy atom. The van der Waals surface area contributed by atoms with Crippen LogP contribution in [0.2, 0.25) is 0 Å². The number of aromatic nitrogens is 4. The van der Waals surface area contributed by atoms with Crippen LogP contribution in [-0.4, -0.2) is 39.0 Å². The molecule has 0 fully saturated rings. The van der Waals surface area contributed by atoms with Crippen LogP contribution in [0.1, 0.15) is 17.0 Å². The Bertz CT molecular complexity index is 1190. The summed E-state index contributed by atoms with van der Waals surface area (Å²) in [6.45, 7) is 2.72. The molecule has 0 saturated heterocycles. The number of thiazole rings is 1.